The fourth-order valence-corrected chi connectivity index (χ4v) is 1.91. The van der Waals surface area contributed by atoms with Crippen LogP contribution in [0, 0.1) is 19.7 Å². The molecule has 3 N–H and O–H groups in total. The highest BCUT2D eigenvalue weighted by molar-refractivity contribution is 6.05. The predicted octanol–water partition coefficient (Wildman–Crippen LogP) is 3.28. The summed E-state index contributed by atoms with van der Waals surface area (Å²) in [6.07, 6.45) is 0. The molecule has 2 aromatic carbocycles. The molecule has 0 aromatic heterocycles. The van der Waals surface area contributed by atoms with Crippen molar-refractivity contribution in [1.29, 1.82) is 0 Å². The maximum Gasteiger partial charge on any atom is 0.258 e. The van der Waals surface area contributed by atoms with E-state index in [9.17, 15) is 9.18 Å². The monoisotopic (exact) mass is 258 g/mol. The Labute approximate surface area is 111 Å². The lowest BCUT2D eigenvalue weighted by atomic mass is 10.1. The van der Waals surface area contributed by atoms with Gasteiger partial charge in [0.05, 0.1) is 5.56 Å². The molecule has 3 nitrogen and oxygen atoms in total. The minimum atomic E-state index is -0.585. The van der Waals surface area contributed by atoms with Gasteiger partial charge in [0.15, 0.2) is 0 Å². The van der Waals surface area contributed by atoms with Gasteiger partial charge in [-0.1, -0.05) is 18.2 Å². The maximum atomic E-state index is 13.6. The van der Waals surface area contributed by atoms with Gasteiger partial charge in [-0.05, 0) is 43.2 Å². The van der Waals surface area contributed by atoms with Crippen molar-refractivity contribution in [1.82, 2.24) is 0 Å². The fraction of sp³-hybridized carbons (Fsp3) is 0.133. The normalized spacial score (nSPS) is 10.3. The molecule has 0 aliphatic heterocycles. The number of amides is 1. The van der Waals surface area contributed by atoms with Gasteiger partial charge in [0.25, 0.3) is 5.91 Å². The minimum Gasteiger partial charge on any atom is -0.399 e. The average Bonchev–Trinajstić information content (AvgIpc) is 2.37. The first kappa shape index (κ1) is 13.1. The van der Waals surface area contributed by atoms with Crippen LogP contribution >= 0.6 is 0 Å². The number of hydrogen-bond acceptors (Lipinski definition) is 2. The van der Waals surface area contributed by atoms with Crippen molar-refractivity contribution in [3.8, 4) is 0 Å². The Balaban J connectivity index is 2.34. The SMILES string of the molecule is Cc1cccc(C)c1NC(=O)c1cc(N)ccc1F. The van der Waals surface area contributed by atoms with Gasteiger partial charge in [-0.3, -0.25) is 4.79 Å². The highest BCUT2D eigenvalue weighted by atomic mass is 19.1. The number of hydrogen-bond donors (Lipinski definition) is 2. The molecular formula is C15H15FN2O. The molecule has 0 saturated carbocycles. The molecule has 0 unspecified atom stereocenters. The Bertz CT molecular complexity index is 618. The van der Waals surface area contributed by atoms with Crippen LogP contribution in [0.4, 0.5) is 15.8 Å². The number of carbonyl (C=O) groups excluding carboxylic acids is 1. The number of benzene rings is 2. The molecule has 0 radical (unpaired) electrons. The Morgan fingerprint density at radius 1 is 1.16 bits per heavy atom. The van der Waals surface area contributed by atoms with Crippen LogP contribution in [0.15, 0.2) is 36.4 Å². The molecule has 19 heavy (non-hydrogen) atoms. The summed E-state index contributed by atoms with van der Waals surface area (Å²) in [6, 6.07) is 9.62. The summed E-state index contributed by atoms with van der Waals surface area (Å²) >= 11 is 0. The number of halogens is 1. The summed E-state index contributed by atoms with van der Waals surface area (Å²) in [5.41, 5.74) is 8.43. The zero-order chi connectivity index (χ0) is 14.0. The number of nitrogen functional groups attached to an aromatic ring is 1. The third kappa shape index (κ3) is 2.73. The van der Waals surface area contributed by atoms with Crippen LogP contribution in [0.25, 0.3) is 0 Å². The lowest BCUT2D eigenvalue weighted by Crippen LogP contribution is -2.15. The number of aryl methyl sites for hydroxylation is 2. The number of anilines is 2. The van der Waals surface area contributed by atoms with E-state index in [1.165, 1.54) is 18.2 Å². The number of nitrogens with two attached hydrogens (primary N) is 1. The van der Waals surface area contributed by atoms with Crippen LogP contribution < -0.4 is 11.1 Å². The summed E-state index contributed by atoms with van der Waals surface area (Å²) in [7, 11) is 0. The van der Waals surface area contributed by atoms with Gasteiger partial charge in [0.1, 0.15) is 5.82 Å². The van der Waals surface area contributed by atoms with Crippen molar-refractivity contribution in [2.45, 2.75) is 13.8 Å². The van der Waals surface area contributed by atoms with Gasteiger partial charge in [-0.25, -0.2) is 4.39 Å². The molecule has 4 heteroatoms. The van der Waals surface area contributed by atoms with Gasteiger partial charge >= 0.3 is 0 Å². The Kier molecular flexibility index (Phi) is 3.51. The van der Waals surface area contributed by atoms with E-state index in [4.69, 9.17) is 5.73 Å². The molecule has 0 atom stereocenters. The lowest BCUT2D eigenvalue weighted by molar-refractivity contribution is 0.102. The van der Waals surface area contributed by atoms with Crippen LogP contribution in [0.2, 0.25) is 0 Å². The second-order valence-corrected chi connectivity index (χ2v) is 4.46. The predicted molar refractivity (Wildman–Crippen MR) is 74.7 cm³/mol. The summed E-state index contributed by atoms with van der Waals surface area (Å²) < 4.78 is 13.6. The molecule has 0 aliphatic rings. The quantitative estimate of drug-likeness (QED) is 0.812. The van der Waals surface area contributed by atoms with Crippen molar-refractivity contribution in [2.75, 3.05) is 11.1 Å². The van der Waals surface area contributed by atoms with E-state index in [0.29, 0.717) is 11.4 Å². The van der Waals surface area contributed by atoms with E-state index in [1.807, 2.05) is 32.0 Å². The number of carbonyl (C=O) groups is 1. The summed E-state index contributed by atoms with van der Waals surface area (Å²) in [4.78, 5) is 12.1. The average molecular weight is 258 g/mol. The maximum absolute atomic E-state index is 13.6. The molecule has 0 heterocycles. The lowest BCUT2D eigenvalue weighted by Gasteiger charge is -2.12. The highest BCUT2D eigenvalue weighted by Gasteiger charge is 2.14. The van der Waals surface area contributed by atoms with Crippen molar-refractivity contribution in [3.63, 3.8) is 0 Å². The zero-order valence-corrected chi connectivity index (χ0v) is 10.8. The molecule has 0 bridgehead atoms. The smallest absolute Gasteiger partial charge is 0.258 e. The summed E-state index contributed by atoms with van der Waals surface area (Å²) in [5, 5.41) is 2.73. The first-order valence-electron chi connectivity index (χ1n) is 5.91. The van der Waals surface area contributed by atoms with Crippen LogP contribution in [0.3, 0.4) is 0 Å². The molecule has 0 aliphatic carbocycles. The largest absolute Gasteiger partial charge is 0.399 e. The van der Waals surface area contributed by atoms with Crippen molar-refractivity contribution in [3.05, 3.63) is 58.9 Å². The van der Waals surface area contributed by atoms with E-state index in [2.05, 4.69) is 5.32 Å². The molecule has 2 aromatic rings. The Hall–Kier alpha value is -2.36. The van der Waals surface area contributed by atoms with Gasteiger partial charge in [-0.2, -0.15) is 0 Å². The number of nitrogens with one attached hydrogen (secondary N) is 1. The highest BCUT2D eigenvalue weighted by Crippen LogP contribution is 2.21. The summed E-state index contributed by atoms with van der Waals surface area (Å²) in [6.45, 7) is 3.77. The topological polar surface area (TPSA) is 55.1 Å². The van der Waals surface area contributed by atoms with Gasteiger partial charge in [0.2, 0.25) is 0 Å². The molecule has 1 amide bonds. The van der Waals surface area contributed by atoms with Crippen LogP contribution in [0.1, 0.15) is 21.5 Å². The molecule has 0 saturated heterocycles. The molecular weight excluding hydrogens is 243 g/mol. The van der Waals surface area contributed by atoms with E-state index >= 15 is 0 Å². The first-order valence-corrected chi connectivity index (χ1v) is 5.91. The van der Waals surface area contributed by atoms with Crippen LogP contribution in [0.5, 0.6) is 0 Å². The van der Waals surface area contributed by atoms with Crippen molar-refractivity contribution in [2.24, 2.45) is 0 Å². The third-order valence-electron chi connectivity index (χ3n) is 2.95. The van der Waals surface area contributed by atoms with E-state index < -0.39 is 11.7 Å². The van der Waals surface area contributed by atoms with Gasteiger partial charge in [0, 0.05) is 11.4 Å². The van der Waals surface area contributed by atoms with Gasteiger partial charge < -0.3 is 11.1 Å². The summed E-state index contributed by atoms with van der Waals surface area (Å²) in [5.74, 6) is -1.08. The minimum absolute atomic E-state index is 0.0531. The molecule has 98 valence electrons. The number of rotatable bonds is 2. The fourth-order valence-electron chi connectivity index (χ4n) is 1.91. The Morgan fingerprint density at radius 3 is 2.42 bits per heavy atom. The molecule has 0 fully saturated rings. The third-order valence-corrected chi connectivity index (χ3v) is 2.95. The first-order chi connectivity index (χ1) is 8.99. The van der Waals surface area contributed by atoms with Crippen molar-refractivity contribution >= 4 is 17.3 Å². The zero-order valence-electron chi connectivity index (χ0n) is 10.8. The second-order valence-electron chi connectivity index (χ2n) is 4.46. The van der Waals surface area contributed by atoms with Crippen molar-refractivity contribution < 1.29 is 9.18 Å². The second kappa shape index (κ2) is 5.10. The molecule has 0 spiro atoms. The van der Waals surface area contributed by atoms with E-state index in [1.54, 1.807) is 0 Å². The van der Waals surface area contributed by atoms with E-state index in [-0.39, 0.29) is 5.56 Å². The standard InChI is InChI=1S/C15H15FN2O/c1-9-4-3-5-10(2)14(9)18-15(19)12-8-11(17)6-7-13(12)16/h3-8H,17H2,1-2H3,(H,18,19). The Morgan fingerprint density at radius 2 is 1.79 bits per heavy atom. The molecule has 2 rings (SSSR count). The van der Waals surface area contributed by atoms with Gasteiger partial charge in [-0.15, -0.1) is 0 Å². The van der Waals surface area contributed by atoms with E-state index in [0.717, 1.165) is 11.1 Å². The van der Waals surface area contributed by atoms with Crippen LogP contribution in [-0.4, -0.2) is 5.91 Å². The van der Waals surface area contributed by atoms with Crippen LogP contribution in [-0.2, 0) is 0 Å². The number of para-hydroxylation sites is 1.